The monoisotopic (exact) mass is 438 g/mol. The van der Waals surface area contributed by atoms with E-state index in [4.69, 9.17) is 4.74 Å². The van der Waals surface area contributed by atoms with Gasteiger partial charge in [0.05, 0.1) is 11.3 Å². The van der Waals surface area contributed by atoms with Gasteiger partial charge in [-0.1, -0.05) is 42.5 Å². The van der Waals surface area contributed by atoms with Crippen molar-refractivity contribution in [1.29, 1.82) is 0 Å². The van der Waals surface area contributed by atoms with Gasteiger partial charge in [-0.3, -0.25) is 9.52 Å². The van der Waals surface area contributed by atoms with Gasteiger partial charge in [0.15, 0.2) is 5.13 Å². The van der Waals surface area contributed by atoms with E-state index in [9.17, 15) is 13.2 Å². The number of aryl methyl sites for hydroxylation is 1. The van der Waals surface area contributed by atoms with E-state index in [0.717, 1.165) is 16.3 Å². The number of carbonyl (C=O) groups excluding carboxylic acids is 1. The number of nitrogens with zero attached hydrogens (tertiary/aromatic N) is 1. The zero-order valence-corrected chi connectivity index (χ0v) is 17.7. The topological polar surface area (TPSA) is 85.4 Å². The number of rotatable bonds is 6. The van der Waals surface area contributed by atoms with E-state index in [0.29, 0.717) is 16.4 Å². The van der Waals surface area contributed by atoms with Crippen LogP contribution in [0.25, 0.3) is 10.8 Å². The fourth-order valence-electron chi connectivity index (χ4n) is 3.09. The Labute approximate surface area is 178 Å². The maximum absolute atomic E-state index is 12.4. The highest BCUT2D eigenvalue weighted by atomic mass is 32.2. The van der Waals surface area contributed by atoms with E-state index in [1.54, 1.807) is 23.6 Å². The first kappa shape index (κ1) is 20.1. The number of aromatic nitrogens is 1. The van der Waals surface area contributed by atoms with Gasteiger partial charge in [0.2, 0.25) is 0 Å². The smallest absolute Gasteiger partial charge is 0.315 e. The Morgan fingerprint density at radius 2 is 1.77 bits per heavy atom. The highest BCUT2D eigenvalue weighted by molar-refractivity contribution is 7.93. The standard InChI is InChI=1S/C22H18N2O4S2/c1-15-4-2-6-19-18(15)5-3-7-20(19)28-21(25)14-16-8-10-17(11-9-16)30(26,27)24-22-23-12-13-29-22/h2-13H,14H2,1H3,(H,23,24). The molecular formula is C22H18N2O4S2. The van der Waals surface area contributed by atoms with Crippen LogP contribution in [0.1, 0.15) is 11.1 Å². The van der Waals surface area contributed by atoms with E-state index >= 15 is 0 Å². The van der Waals surface area contributed by atoms with Crippen LogP contribution in [0.5, 0.6) is 5.75 Å². The van der Waals surface area contributed by atoms with Crippen LogP contribution in [-0.4, -0.2) is 19.4 Å². The first-order valence-corrected chi connectivity index (χ1v) is 11.5. The van der Waals surface area contributed by atoms with E-state index in [1.807, 2.05) is 37.3 Å². The number of carbonyl (C=O) groups is 1. The third-order valence-electron chi connectivity index (χ3n) is 4.56. The molecule has 0 spiro atoms. The van der Waals surface area contributed by atoms with Crippen molar-refractivity contribution < 1.29 is 17.9 Å². The van der Waals surface area contributed by atoms with Crippen LogP contribution in [0, 0.1) is 6.92 Å². The first-order valence-electron chi connectivity index (χ1n) is 9.13. The maximum Gasteiger partial charge on any atom is 0.315 e. The summed E-state index contributed by atoms with van der Waals surface area (Å²) in [5, 5.41) is 3.89. The zero-order chi connectivity index (χ0) is 21.1. The van der Waals surface area contributed by atoms with Gasteiger partial charge < -0.3 is 4.74 Å². The number of hydrogen-bond acceptors (Lipinski definition) is 6. The molecule has 0 saturated heterocycles. The molecule has 0 radical (unpaired) electrons. The number of esters is 1. The number of hydrogen-bond donors (Lipinski definition) is 1. The van der Waals surface area contributed by atoms with Crippen LogP contribution in [0.4, 0.5) is 5.13 Å². The maximum atomic E-state index is 12.4. The molecule has 0 fully saturated rings. The van der Waals surface area contributed by atoms with Crippen molar-refractivity contribution in [3.8, 4) is 5.75 Å². The predicted octanol–water partition coefficient (Wildman–Crippen LogP) is 4.55. The number of nitrogens with one attached hydrogen (secondary N) is 1. The van der Waals surface area contributed by atoms with Crippen LogP contribution in [0.2, 0.25) is 0 Å². The van der Waals surface area contributed by atoms with E-state index in [1.165, 1.54) is 29.7 Å². The van der Waals surface area contributed by atoms with E-state index in [2.05, 4.69) is 9.71 Å². The minimum atomic E-state index is -3.72. The van der Waals surface area contributed by atoms with Gasteiger partial charge in [0, 0.05) is 17.0 Å². The van der Waals surface area contributed by atoms with Gasteiger partial charge in [0.25, 0.3) is 10.0 Å². The summed E-state index contributed by atoms with van der Waals surface area (Å²) in [6.07, 6.45) is 1.55. The molecule has 152 valence electrons. The van der Waals surface area contributed by atoms with Crippen LogP contribution in [0.15, 0.2) is 77.1 Å². The summed E-state index contributed by atoms with van der Waals surface area (Å²) < 4.78 is 32.8. The Bertz CT molecular complexity index is 1300. The lowest BCUT2D eigenvalue weighted by atomic mass is 10.1. The van der Waals surface area contributed by atoms with Crippen molar-refractivity contribution in [2.75, 3.05) is 4.72 Å². The Hall–Kier alpha value is -3.23. The summed E-state index contributed by atoms with van der Waals surface area (Å²) in [6.45, 7) is 2.01. The lowest BCUT2D eigenvalue weighted by Crippen LogP contribution is -2.14. The van der Waals surface area contributed by atoms with Crippen LogP contribution in [-0.2, 0) is 21.2 Å². The Morgan fingerprint density at radius 1 is 1.03 bits per heavy atom. The third kappa shape index (κ3) is 4.34. The molecule has 4 aromatic rings. The lowest BCUT2D eigenvalue weighted by Gasteiger charge is -2.10. The van der Waals surface area contributed by atoms with Crippen molar-refractivity contribution in [2.24, 2.45) is 0 Å². The Kier molecular flexibility index (Phi) is 5.52. The molecule has 0 aliphatic rings. The van der Waals surface area contributed by atoms with Crippen molar-refractivity contribution in [1.82, 2.24) is 4.98 Å². The molecule has 30 heavy (non-hydrogen) atoms. The molecule has 6 nitrogen and oxygen atoms in total. The second kappa shape index (κ2) is 8.25. The largest absolute Gasteiger partial charge is 0.426 e. The van der Waals surface area contributed by atoms with Gasteiger partial charge in [-0.05, 0) is 41.6 Å². The summed E-state index contributed by atoms with van der Waals surface area (Å²) in [4.78, 5) is 16.5. The second-order valence-electron chi connectivity index (χ2n) is 6.66. The molecule has 1 heterocycles. The van der Waals surface area contributed by atoms with E-state index in [-0.39, 0.29) is 11.3 Å². The number of fused-ring (bicyclic) bond motifs is 1. The SMILES string of the molecule is Cc1cccc2c(OC(=O)Cc3ccc(S(=O)(=O)Nc4nccs4)cc3)cccc12. The number of anilines is 1. The molecule has 1 aromatic heterocycles. The predicted molar refractivity (Wildman–Crippen MR) is 117 cm³/mol. The molecule has 0 amide bonds. The number of thiazole rings is 1. The molecule has 0 aliphatic carbocycles. The van der Waals surface area contributed by atoms with Gasteiger partial charge in [-0.15, -0.1) is 11.3 Å². The molecular weight excluding hydrogens is 420 g/mol. The highest BCUT2D eigenvalue weighted by Crippen LogP contribution is 2.28. The van der Waals surface area contributed by atoms with Crippen LogP contribution >= 0.6 is 11.3 Å². The molecule has 0 unspecified atom stereocenters. The van der Waals surface area contributed by atoms with E-state index < -0.39 is 16.0 Å². The molecule has 0 saturated carbocycles. The van der Waals surface area contributed by atoms with Gasteiger partial charge in [-0.25, -0.2) is 13.4 Å². The summed E-state index contributed by atoms with van der Waals surface area (Å²) in [7, 11) is -3.72. The average molecular weight is 439 g/mol. The molecule has 4 rings (SSSR count). The minimum absolute atomic E-state index is 0.0302. The summed E-state index contributed by atoms with van der Waals surface area (Å²) in [5.41, 5.74) is 1.76. The lowest BCUT2D eigenvalue weighted by molar-refractivity contribution is -0.133. The zero-order valence-electron chi connectivity index (χ0n) is 16.0. The molecule has 1 N–H and O–H groups in total. The molecule has 0 aliphatic heterocycles. The normalized spacial score (nSPS) is 11.4. The number of benzene rings is 3. The summed E-state index contributed by atoms with van der Waals surface area (Å²) >= 11 is 1.20. The molecule has 3 aromatic carbocycles. The highest BCUT2D eigenvalue weighted by Gasteiger charge is 2.16. The van der Waals surface area contributed by atoms with Crippen molar-refractivity contribution in [3.63, 3.8) is 0 Å². The molecule has 8 heteroatoms. The first-order chi connectivity index (χ1) is 14.4. The van der Waals surface area contributed by atoms with Crippen LogP contribution < -0.4 is 9.46 Å². The summed E-state index contributed by atoms with van der Waals surface area (Å²) in [6, 6.07) is 17.6. The fraction of sp³-hybridized carbons (Fsp3) is 0.0909. The van der Waals surface area contributed by atoms with Gasteiger partial charge >= 0.3 is 5.97 Å². The molecule has 0 bridgehead atoms. The van der Waals surface area contributed by atoms with Crippen molar-refractivity contribution in [3.05, 3.63) is 83.4 Å². The quantitative estimate of drug-likeness (QED) is 0.352. The summed E-state index contributed by atoms with van der Waals surface area (Å²) in [5.74, 6) is 0.0913. The van der Waals surface area contributed by atoms with Gasteiger partial charge in [-0.2, -0.15) is 0 Å². The number of ether oxygens (including phenoxy) is 1. The minimum Gasteiger partial charge on any atom is -0.426 e. The average Bonchev–Trinajstić information content (AvgIpc) is 3.21. The fourth-order valence-corrected chi connectivity index (χ4v) is 4.88. The number of sulfonamides is 1. The van der Waals surface area contributed by atoms with Crippen molar-refractivity contribution >= 4 is 43.2 Å². The van der Waals surface area contributed by atoms with Gasteiger partial charge in [0.1, 0.15) is 5.75 Å². The van der Waals surface area contributed by atoms with Crippen molar-refractivity contribution in [2.45, 2.75) is 18.2 Å². The third-order valence-corrected chi connectivity index (χ3v) is 6.73. The van der Waals surface area contributed by atoms with Crippen LogP contribution in [0.3, 0.4) is 0 Å². The Morgan fingerprint density at radius 3 is 2.50 bits per heavy atom. The molecule has 0 atom stereocenters. The second-order valence-corrected chi connectivity index (χ2v) is 9.24. The Balaban J connectivity index is 1.46.